The number of nitriles is 1. The van der Waals surface area contributed by atoms with Crippen LogP contribution in [0.1, 0.15) is 34.0 Å². The minimum atomic E-state index is -4.17. The first kappa shape index (κ1) is 29.4. The van der Waals surface area contributed by atoms with Gasteiger partial charge in [-0.05, 0) is 74.0 Å². The zero-order valence-corrected chi connectivity index (χ0v) is 22.9. The molecule has 2 N–H and O–H groups in total. The van der Waals surface area contributed by atoms with Gasteiger partial charge in [0.15, 0.2) is 12.4 Å². The molecule has 0 saturated heterocycles. The van der Waals surface area contributed by atoms with Crippen LogP contribution in [0.2, 0.25) is 10.0 Å². The third kappa shape index (κ3) is 7.70. The fourth-order valence-corrected chi connectivity index (χ4v) is 4.73. The van der Waals surface area contributed by atoms with Gasteiger partial charge in [0.05, 0.1) is 28.7 Å². The molecular formula is C26H21Cl2N3O7S. The Hall–Kier alpha value is -4.11. The number of ketones is 1. The Bertz CT molecular complexity index is 1600. The van der Waals surface area contributed by atoms with Gasteiger partial charge < -0.3 is 14.8 Å². The van der Waals surface area contributed by atoms with Gasteiger partial charge in [-0.1, -0.05) is 23.2 Å². The van der Waals surface area contributed by atoms with Gasteiger partial charge in [-0.3, -0.25) is 9.59 Å². The number of hydrogen-bond donors (Lipinski definition) is 2. The van der Waals surface area contributed by atoms with Crippen LogP contribution in [0.25, 0.3) is 0 Å². The molecule has 0 aliphatic heterocycles. The van der Waals surface area contributed by atoms with Crippen LogP contribution in [0, 0.1) is 18.3 Å². The molecule has 0 spiro atoms. The highest BCUT2D eigenvalue weighted by molar-refractivity contribution is 7.90. The van der Waals surface area contributed by atoms with Crippen molar-refractivity contribution >= 4 is 56.7 Å². The standard InChI is InChI=1S/C26H21Cl2N3O7S/c1-3-37-26(34)31-39(35,36)20-5-6-22(15(2)8-20)30-24(32)14-38-23-7-4-18(27)12-21(23)25(33)17-9-16(13-29)10-19(28)11-17/h4-12H,3,14H2,1-2H3,(H,30,32)(H,31,34). The number of carbonyl (C=O) groups excluding carboxylic acids is 3. The molecule has 0 fully saturated rings. The Morgan fingerprint density at radius 1 is 1.00 bits per heavy atom. The first-order chi connectivity index (χ1) is 18.4. The maximum absolute atomic E-state index is 13.1. The lowest BCUT2D eigenvalue weighted by molar-refractivity contribution is -0.118. The summed E-state index contributed by atoms with van der Waals surface area (Å²) in [6.07, 6.45) is -1.11. The summed E-state index contributed by atoms with van der Waals surface area (Å²) in [7, 11) is -4.17. The van der Waals surface area contributed by atoms with Gasteiger partial charge in [-0.2, -0.15) is 5.26 Å². The van der Waals surface area contributed by atoms with Gasteiger partial charge in [0.2, 0.25) is 0 Å². The summed E-state index contributed by atoms with van der Waals surface area (Å²) in [5.74, 6) is -1.04. The summed E-state index contributed by atoms with van der Waals surface area (Å²) >= 11 is 12.1. The number of aryl methyl sites for hydroxylation is 1. The van der Waals surface area contributed by atoms with E-state index in [4.69, 9.17) is 27.9 Å². The Labute approximate surface area is 234 Å². The summed E-state index contributed by atoms with van der Waals surface area (Å²) in [4.78, 5) is 37.0. The predicted molar refractivity (Wildman–Crippen MR) is 144 cm³/mol. The second kappa shape index (κ2) is 12.6. The van der Waals surface area contributed by atoms with E-state index >= 15 is 0 Å². The van der Waals surface area contributed by atoms with Crippen LogP contribution < -0.4 is 14.8 Å². The number of nitrogens with one attached hydrogen (secondary N) is 2. The molecule has 3 aromatic carbocycles. The number of carbonyl (C=O) groups is 3. The Morgan fingerprint density at radius 2 is 1.74 bits per heavy atom. The van der Waals surface area contributed by atoms with E-state index in [1.54, 1.807) is 11.6 Å². The van der Waals surface area contributed by atoms with Crippen LogP contribution in [-0.4, -0.2) is 39.4 Å². The molecule has 0 aliphatic carbocycles. The fourth-order valence-electron chi connectivity index (χ4n) is 3.35. The second-order valence-corrected chi connectivity index (χ2v) is 10.5. The summed E-state index contributed by atoms with van der Waals surface area (Å²) < 4.78 is 36.7. The molecule has 0 heterocycles. The number of benzene rings is 3. The lowest BCUT2D eigenvalue weighted by Crippen LogP contribution is -2.31. The van der Waals surface area contributed by atoms with E-state index in [-0.39, 0.29) is 44.0 Å². The zero-order valence-electron chi connectivity index (χ0n) is 20.6. The molecule has 0 bridgehead atoms. The molecule has 39 heavy (non-hydrogen) atoms. The Morgan fingerprint density at radius 3 is 2.41 bits per heavy atom. The molecule has 202 valence electrons. The van der Waals surface area contributed by atoms with Crippen LogP contribution in [-0.2, 0) is 19.6 Å². The van der Waals surface area contributed by atoms with E-state index in [9.17, 15) is 28.1 Å². The van der Waals surface area contributed by atoms with E-state index in [1.807, 2.05) is 6.07 Å². The number of halogens is 2. The smallest absolute Gasteiger partial charge is 0.421 e. The minimum absolute atomic E-state index is 0.00181. The largest absolute Gasteiger partial charge is 0.483 e. The van der Waals surface area contributed by atoms with Crippen molar-refractivity contribution in [2.45, 2.75) is 18.7 Å². The summed E-state index contributed by atoms with van der Waals surface area (Å²) in [6, 6.07) is 14.2. The van der Waals surface area contributed by atoms with Crippen LogP contribution in [0.5, 0.6) is 5.75 Å². The first-order valence-corrected chi connectivity index (χ1v) is 13.4. The quantitative estimate of drug-likeness (QED) is 0.336. The molecule has 0 atom stereocenters. The highest BCUT2D eigenvalue weighted by atomic mass is 35.5. The molecule has 2 amide bonds. The molecule has 0 radical (unpaired) electrons. The van der Waals surface area contributed by atoms with Crippen molar-refractivity contribution in [2.24, 2.45) is 0 Å². The lowest BCUT2D eigenvalue weighted by Gasteiger charge is -2.14. The normalized spacial score (nSPS) is 10.7. The van der Waals surface area contributed by atoms with Crippen LogP contribution in [0.15, 0.2) is 59.5 Å². The number of amides is 2. The third-order valence-electron chi connectivity index (χ3n) is 5.11. The highest BCUT2D eigenvalue weighted by Gasteiger charge is 2.21. The Balaban J connectivity index is 1.73. The minimum Gasteiger partial charge on any atom is -0.483 e. The average molecular weight is 590 g/mol. The number of anilines is 1. The molecule has 13 heteroatoms. The average Bonchev–Trinajstić information content (AvgIpc) is 2.88. The second-order valence-electron chi connectivity index (χ2n) is 7.95. The molecule has 0 aromatic heterocycles. The third-order valence-corrected chi connectivity index (χ3v) is 6.87. The highest BCUT2D eigenvalue weighted by Crippen LogP contribution is 2.27. The van der Waals surface area contributed by atoms with Crippen LogP contribution >= 0.6 is 23.2 Å². The SMILES string of the molecule is CCOC(=O)NS(=O)(=O)c1ccc(NC(=O)COc2ccc(Cl)cc2C(=O)c2cc(Cl)cc(C#N)c2)c(C)c1. The van der Waals surface area contributed by atoms with Gasteiger partial charge in [0, 0.05) is 21.3 Å². The van der Waals surface area contributed by atoms with Crippen molar-refractivity contribution in [1.29, 1.82) is 5.26 Å². The molecule has 3 aromatic rings. The molecule has 0 aliphatic rings. The van der Waals surface area contributed by atoms with Gasteiger partial charge in [-0.15, -0.1) is 0 Å². The van der Waals surface area contributed by atoms with E-state index in [1.165, 1.54) is 61.5 Å². The molecule has 10 nitrogen and oxygen atoms in total. The number of sulfonamides is 1. The fraction of sp³-hybridized carbons (Fsp3) is 0.154. The van der Waals surface area contributed by atoms with Gasteiger partial charge in [0.1, 0.15) is 5.75 Å². The van der Waals surface area contributed by atoms with Gasteiger partial charge in [-0.25, -0.2) is 17.9 Å². The molecule has 3 rings (SSSR count). The van der Waals surface area contributed by atoms with Crippen molar-refractivity contribution in [2.75, 3.05) is 18.5 Å². The van der Waals surface area contributed by atoms with Crippen LogP contribution in [0.3, 0.4) is 0 Å². The monoisotopic (exact) mass is 589 g/mol. The van der Waals surface area contributed by atoms with E-state index in [2.05, 4.69) is 10.1 Å². The number of hydrogen-bond acceptors (Lipinski definition) is 8. The van der Waals surface area contributed by atoms with Crippen molar-refractivity contribution in [3.8, 4) is 11.8 Å². The Kier molecular flexibility index (Phi) is 9.53. The maximum atomic E-state index is 13.1. The van der Waals surface area contributed by atoms with Crippen molar-refractivity contribution < 1.29 is 32.3 Å². The summed E-state index contributed by atoms with van der Waals surface area (Å²) in [6.45, 7) is 2.61. The zero-order chi connectivity index (χ0) is 28.7. The van der Waals surface area contributed by atoms with Gasteiger partial charge in [0.25, 0.3) is 15.9 Å². The predicted octanol–water partition coefficient (Wildman–Crippen LogP) is 4.86. The van der Waals surface area contributed by atoms with Crippen molar-refractivity contribution in [1.82, 2.24) is 4.72 Å². The molecule has 0 saturated carbocycles. The lowest BCUT2D eigenvalue weighted by atomic mass is 10.0. The molecule has 0 unspecified atom stereocenters. The van der Waals surface area contributed by atoms with Crippen LogP contribution in [0.4, 0.5) is 10.5 Å². The van der Waals surface area contributed by atoms with E-state index in [0.717, 1.165) is 0 Å². The number of rotatable bonds is 9. The van der Waals surface area contributed by atoms with E-state index < -0.39 is 34.4 Å². The number of ether oxygens (including phenoxy) is 2. The topological polar surface area (TPSA) is 152 Å². The molecular weight excluding hydrogens is 569 g/mol. The van der Waals surface area contributed by atoms with Gasteiger partial charge >= 0.3 is 6.09 Å². The summed E-state index contributed by atoms with van der Waals surface area (Å²) in [5.41, 5.74) is 1.08. The van der Waals surface area contributed by atoms with E-state index in [0.29, 0.717) is 11.3 Å². The summed E-state index contributed by atoms with van der Waals surface area (Å²) in [5, 5.41) is 12.2. The maximum Gasteiger partial charge on any atom is 0.421 e. The number of nitrogens with zero attached hydrogens (tertiary/aromatic N) is 1. The van der Waals surface area contributed by atoms with Crippen molar-refractivity contribution in [3.05, 3.63) is 86.9 Å². The first-order valence-electron chi connectivity index (χ1n) is 11.2. The van der Waals surface area contributed by atoms with Crippen molar-refractivity contribution in [3.63, 3.8) is 0 Å².